The molecule has 2 unspecified atom stereocenters. The zero-order chi connectivity index (χ0) is 12.3. The number of anilines is 1. The molecule has 1 aliphatic heterocycles. The molecule has 1 saturated heterocycles. The van der Waals surface area contributed by atoms with E-state index in [0.29, 0.717) is 6.04 Å². The van der Waals surface area contributed by atoms with Crippen LogP contribution < -0.4 is 10.2 Å². The van der Waals surface area contributed by atoms with Crippen molar-refractivity contribution in [1.29, 1.82) is 0 Å². The van der Waals surface area contributed by atoms with Crippen LogP contribution in [0.5, 0.6) is 0 Å². The number of rotatable bonds is 3. The van der Waals surface area contributed by atoms with E-state index in [1.54, 1.807) is 0 Å². The third-order valence-electron chi connectivity index (χ3n) is 3.56. The summed E-state index contributed by atoms with van der Waals surface area (Å²) in [5.74, 6) is 1.91. The molecule has 1 aromatic rings. The molecule has 0 bridgehead atoms. The molecule has 0 saturated carbocycles. The van der Waals surface area contributed by atoms with Crippen LogP contribution in [-0.4, -0.2) is 24.6 Å². The Morgan fingerprint density at radius 2 is 2.18 bits per heavy atom. The molecule has 3 heteroatoms. The lowest BCUT2D eigenvalue weighted by Crippen LogP contribution is -2.41. The maximum Gasteiger partial charge on any atom is 0.129 e. The normalized spacial score (nSPS) is 25.0. The van der Waals surface area contributed by atoms with Gasteiger partial charge in [-0.25, -0.2) is 4.98 Å². The molecule has 0 radical (unpaired) electrons. The van der Waals surface area contributed by atoms with Gasteiger partial charge in [0.25, 0.3) is 0 Å². The van der Waals surface area contributed by atoms with Gasteiger partial charge in [0, 0.05) is 19.1 Å². The Kier molecular flexibility index (Phi) is 4.00. The van der Waals surface area contributed by atoms with Gasteiger partial charge in [-0.05, 0) is 44.9 Å². The Labute approximate surface area is 104 Å². The zero-order valence-electron chi connectivity index (χ0n) is 11.1. The van der Waals surface area contributed by atoms with Crippen molar-refractivity contribution in [3.8, 4) is 0 Å². The molecule has 17 heavy (non-hydrogen) atoms. The predicted octanol–water partition coefficient (Wildman–Crippen LogP) is 2.43. The summed E-state index contributed by atoms with van der Waals surface area (Å²) in [6.45, 7) is 6.61. The summed E-state index contributed by atoms with van der Waals surface area (Å²) < 4.78 is 0. The summed E-state index contributed by atoms with van der Waals surface area (Å²) >= 11 is 0. The van der Waals surface area contributed by atoms with Crippen molar-refractivity contribution in [3.63, 3.8) is 0 Å². The average molecular weight is 233 g/mol. The number of pyridine rings is 1. The van der Waals surface area contributed by atoms with Crippen LogP contribution in [0.25, 0.3) is 0 Å². The maximum atomic E-state index is 4.73. The molecule has 0 spiro atoms. The first-order chi connectivity index (χ1) is 8.20. The van der Waals surface area contributed by atoms with E-state index >= 15 is 0 Å². The van der Waals surface area contributed by atoms with Crippen molar-refractivity contribution in [3.05, 3.63) is 23.9 Å². The van der Waals surface area contributed by atoms with Crippen LogP contribution in [0.1, 0.15) is 32.4 Å². The minimum absolute atomic E-state index is 0.614. The van der Waals surface area contributed by atoms with Gasteiger partial charge in [-0.15, -0.1) is 0 Å². The Hall–Kier alpha value is -1.09. The lowest BCUT2D eigenvalue weighted by molar-refractivity contribution is 0.388. The molecule has 2 heterocycles. The van der Waals surface area contributed by atoms with E-state index in [2.05, 4.69) is 42.3 Å². The highest BCUT2D eigenvalue weighted by molar-refractivity contribution is 5.41. The average Bonchev–Trinajstić information content (AvgIpc) is 2.33. The highest BCUT2D eigenvalue weighted by Gasteiger charge is 2.23. The fourth-order valence-electron chi connectivity index (χ4n) is 2.51. The molecule has 0 aliphatic carbocycles. The van der Waals surface area contributed by atoms with E-state index in [4.69, 9.17) is 4.98 Å². The van der Waals surface area contributed by atoms with Crippen LogP contribution in [0.4, 0.5) is 5.82 Å². The molecule has 2 rings (SSSR count). The van der Waals surface area contributed by atoms with Gasteiger partial charge in [-0.3, -0.25) is 0 Å². The second kappa shape index (κ2) is 5.50. The van der Waals surface area contributed by atoms with E-state index in [9.17, 15) is 0 Å². The van der Waals surface area contributed by atoms with Crippen molar-refractivity contribution >= 4 is 5.82 Å². The second-order valence-electron chi connectivity index (χ2n) is 5.20. The number of nitrogens with one attached hydrogen (secondary N) is 1. The number of hydrogen-bond acceptors (Lipinski definition) is 3. The van der Waals surface area contributed by atoms with Gasteiger partial charge in [0.2, 0.25) is 0 Å². The second-order valence-corrected chi connectivity index (χ2v) is 5.20. The summed E-state index contributed by atoms with van der Waals surface area (Å²) in [6.07, 6.45) is 2.62. The standard InChI is InChI=1S/C14H23N3/c1-11-7-8-12(2)17(10-11)14-6-4-5-13(16-14)9-15-3/h4-6,11-12,15H,7-10H2,1-3H3. The first-order valence-corrected chi connectivity index (χ1v) is 6.58. The molecule has 2 atom stereocenters. The fourth-order valence-corrected chi connectivity index (χ4v) is 2.51. The minimum Gasteiger partial charge on any atom is -0.354 e. The number of aromatic nitrogens is 1. The minimum atomic E-state index is 0.614. The van der Waals surface area contributed by atoms with Gasteiger partial charge >= 0.3 is 0 Å². The highest BCUT2D eigenvalue weighted by Crippen LogP contribution is 2.26. The Morgan fingerprint density at radius 1 is 1.35 bits per heavy atom. The van der Waals surface area contributed by atoms with Crippen molar-refractivity contribution in [2.45, 2.75) is 39.3 Å². The monoisotopic (exact) mass is 233 g/mol. The van der Waals surface area contributed by atoms with Crippen LogP contribution in [0.15, 0.2) is 18.2 Å². The van der Waals surface area contributed by atoms with Gasteiger partial charge in [0.15, 0.2) is 0 Å². The lowest BCUT2D eigenvalue weighted by atomic mass is 9.95. The molecule has 0 aromatic carbocycles. The van der Waals surface area contributed by atoms with Crippen molar-refractivity contribution < 1.29 is 0 Å². The van der Waals surface area contributed by atoms with Crippen LogP contribution in [0, 0.1) is 5.92 Å². The Morgan fingerprint density at radius 3 is 2.94 bits per heavy atom. The quantitative estimate of drug-likeness (QED) is 0.869. The van der Waals surface area contributed by atoms with Crippen molar-refractivity contribution in [2.24, 2.45) is 5.92 Å². The van der Waals surface area contributed by atoms with Gasteiger partial charge < -0.3 is 10.2 Å². The molecule has 1 N–H and O–H groups in total. The molecule has 94 valence electrons. The Bertz CT molecular complexity index is 364. The molecule has 3 nitrogen and oxygen atoms in total. The van der Waals surface area contributed by atoms with E-state index in [1.807, 2.05) is 7.05 Å². The maximum absolute atomic E-state index is 4.73. The smallest absolute Gasteiger partial charge is 0.129 e. The van der Waals surface area contributed by atoms with E-state index in [0.717, 1.165) is 30.5 Å². The summed E-state index contributed by atoms with van der Waals surface area (Å²) in [6, 6.07) is 6.94. The van der Waals surface area contributed by atoms with E-state index in [1.165, 1.54) is 12.8 Å². The fraction of sp³-hybridized carbons (Fsp3) is 0.643. The first-order valence-electron chi connectivity index (χ1n) is 6.58. The third kappa shape index (κ3) is 2.97. The number of hydrogen-bond donors (Lipinski definition) is 1. The number of nitrogens with zero attached hydrogens (tertiary/aromatic N) is 2. The SMILES string of the molecule is CNCc1cccc(N2CC(C)CCC2C)n1. The molecular formula is C14H23N3. The molecule has 0 amide bonds. The van der Waals surface area contributed by atoms with Crippen molar-refractivity contribution in [2.75, 3.05) is 18.5 Å². The van der Waals surface area contributed by atoms with E-state index < -0.39 is 0 Å². The molecule has 1 fully saturated rings. The van der Waals surface area contributed by atoms with Gasteiger partial charge in [-0.2, -0.15) is 0 Å². The molecule has 1 aliphatic rings. The highest BCUT2D eigenvalue weighted by atomic mass is 15.2. The molecule has 1 aromatic heterocycles. The van der Waals surface area contributed by atoms with E-state index in [-0.39, 0.29) is 0 Å². The summed E-state index contributed by atoms with van der Waals surface area (Å²) in [7, 11) is 1.96. The van der Waals surface area contributed by atoms with Crippen LogP contribution >= 0.6 is 0 Å². The van der Waals surface area contributed by atoms with Crippen LogP contribution in [0.2, 0.25) is 0 Å². The Balaban J connectivity index is 2.16. The predicted molar refractivity (Wildman–Crippen MR) is 72.2 cm³/mol. The largest absolute Gasteiger partial charge is 0.354 e. The van der Waals surface area contributed by atoms with Gasteiger partial charge in [-0.1, -0.05) is 13.0 Å². The first kappa shape index (κ1) is 12.4. The summed E-state index contributed by atoms with van der Waals surface area (Å²) in [4.78, 5) is 7.19. The van der Waals surface area contributed by atoms with Crippen LogP contribution in [-0.2, 0) is 6.54 Å². The lowest BCUT2D eigenvalue weighted by Gasteiger charge is -2.37. The molecular weight excluding hydrogens is 210 g/mol. The third-order valence-corrected chi connectivity index (χ3v) is 3.56. The summed E-state index contributed by atoms with van der Waals surface area (Å²) in [5, 5.41) is 3.15. The van der Waals surface area contributed by atoms with Gasteiger partial charge in [0.05, 0.1) is 5.69 Å². The summed E-state index contributed by atoms with van der Waals surface area (Å²) in [5.41, 5.74) is 1.12. The zero-order valence-corrected chi connectivity index (χ0v) is 11.1. The van der Waals surface area contributed by atoms with Crippen molar-refractivity contribution in [1.82, 2.24) is 10.3 Å². The van der Waals surface area contributed by atoms with Crippen LogP contribution in [0.3, 0.4) is 0 Å². The van der Waals surface area contributed by atoms with Gasteiger partial charge in [0.1, 0.15) is 5.82 Å². The topological polar surface area (TPSA) is 28.2 Å². The number of piperidine rings is 1.